The van der Waals surface area contributed by atoms with Gasteiger partial charge < -0.3 is 15.2 Å². The van der Waals surface area contributed by atoms with Crippen molar-refractivity contribution in [2.45, 2.75) is 18.6 Å². The molecule has 0 radical (unpaired) electrons. The van der Waals surface area contributed by atoms with E-state index in [0.29, 0.717) is 0 Å². The molecule has 0 aliphatic heterocycles. The van der Waals surface area contributed by atoms with Crippen molar-refractivity contribution in [3.63, 3.8) is 0 Å². The number of hydrogen-bond acceptors (Lipinski definition) is 5. The molecule has 1 rings (SSSR count). The Labute approximate surface area is 118 Å². The van der Waals surface area contributed by atoms with Gasteiger partial charge in [-0.05, 0) is 32.0 Å². The largest absolute Gasteiger partial charge is 0.504 e. The first-order valence-electron chi connectivity index (χ1n) is 5.93. The summed E-state index contributed by atoms with van der Waals surface area (Å²) in [6, 6.07) is 4.22. The van der Waals surface area contributed by atoms with E-state index in [1.807, 2.05) is 0 Å². The minimum atomic E-state index is -3.28. The van der Waals surface area contributed by atoms with Crippen LogP contribution < -0.4 is 10.1 Å². The van der Waals surface area contributed by atoms with E-state index in [1.54, 1.807) is 0 Å². The van der Waals surface area contributed by atoms with E-state index in [-0.39, 0.29) is 23.6 Å². The molecule has 112 valence electrons. The molecular weight excluding hydrogens is 282 g/mol. The standard InChI is InChI=1S/C13H19NO5S/c1-13(2,20(4,17)18)8-14-12(16)9-5-6-11(19-3)10(15)7-9/h5-7,15H,8H2,1-4H3,(H,14,16). The number of aromatic hydroxyl groups is 1. The van der Waals surface area contributed by atoms with Gasteiger partial charge >= 0.3 is 0 Å². The number of benzene rings is 1. The molecule has 2 N–H and O–H groups in total. The third kappa shape index (κ3) is 3.63. The van der Waals surface area contributed by atoms with Gasteiger partial charge in [0, 0.05) is 18.4 Å². The fourth-order valence-corrected chi connectivity index (χ4v) is 1.69. The van der Waals surface area contributed by atoms with E-state index in [4.69, 9.17) is 4.74 Å². The van der Waals surface area contributed by atoms with E-state index < -0.39 is 20.5 Å². The SMILES string of the molecule is COc1ccc(C(=O)NCC(C)(C)S(C)(=O)=O)cc1O. The summed E-state index contributed by atoms with van der Waals surface area (Å²) in [7, 11) is -1.88. The Balaban J connectivity index is 2.81. The highest BCUT2D eigenvalue weighted by Crippen LogP contribution is 2.26. The van der Waals surface area contributed by atoms with E-state index in [0.717, 1.165) is 6.26 Å². The summed E-state index contributed by atoms with van der Waals surface area (Å²) >= 11 is 0. The van der Waals surface area contributed by atoms with Gasteiger partial charge in [0.15, 0.2) is 21.3 Å². The van der Waals surface area contributed by atoms with Crippen LogP contribution >= 0.6 is 0 Å². The van der Waals surface area contributed by atoms with Gasteiger partial charge in [-0.3, -0.25) is 4.79 Å². The molecule has 1 aromatic carbocycles. The van der Waals surface area contributed by atoms with Crippen LogP contribution in [0.5, 0.6) is 11.5 Å². The number of nitrogens with one attached hydrogen (secondary N) is 1. The van der Waals surface area contributed by atoms with E-state index in [1.165, 1.54) is 39.2 Å². The quantitative estimate of drug-likeness (QED) is 0.845. The van der Waals surface area contributed by atoms with Gasteiger partial charge in [0.1, 0.15) is 0 Å². The molecule has 0 aromatic heterocycles. The average Bonchev–Trinajstić information content (AvgIpc) is 2.34. The highest BCUT2D eigenvalue weighted by molar-refractivity contribution is 7.92. The zero-order valence-corrected chi connectivity index (χ0v) is 12.7. The van der Waals surface area contributed by atoms with Crippen LogP contribution in [0.1, 0.15) is 24.2 Å². The monoisotopic (exact) mass is 301 g/mol. The lowest BCUT2D eigenvalue weighted by atomic mass is 10.1. The second kappa shape index (κ2) is 5.70. The second-order valence-corrected chi connectivity index (χ2v) is 7.75. The van der Waals surface area contributed by atoms with Crippen LogP contribution in [0.25, 0.3) is 0 Å². The Kier molecular flexibility index (Phi) is 4.65. The van der Waals surface area contributed by atoms with Crippen LogP contribution in [0.3, 0.4) is 0 Å². The molecule has 0 aliphatic rings. The molecule has 1 amide bonds. The number of phenolic OH excluding ortho intramolecular Hbond substituents is 1. The Morgan fingerprint density at radius 1 is 1.40 bits per heavy atom. The smallest absolute Gasteiger partial charge is 0.251 e. The molecule has 0 heterocycles. The summed E-state index contributed by atoms with van der Waals surface area (Å²) in [5.74, 6) is -0.347. The highest BCUT2D eigenvalue weighted by atomic mass is 32.2. The van der Waals surface area contributed by atoms with Crippen molar-refractivity contribution in [3.8, 4) is 11.5 Å². The number of phenols is 1. The van der Waals surface area contributed by atoms with Gasteiger partial charge in [-0.1, -0.05) is 0 Å². The van der Waals surface area contributed by atoms with Gasteiger partial charge in [-0.2, -0.15) is 0 Å². The topological polar surface area (TPSA) is 92.7 Å². The number of methoxy groups -OCH3 is 1. The number of hydrogen-bond donors (Lipinski definition) is 2. The molecule has 0 spiro atoms. The third-order valence-electron chi connectivity index (χ3n) is 3.12. The first-order valence-corrected chi connectivity index (χ1v) is 7.82. The van der Waals surface area contributed by atoms with Crippen LogP contribution in [0.15, 0.2) is 18.2 Å². The lowest BCUT2D eigenvalue weighted by Gasteiger charge is -2.22. The molecule has 0 atom stereocenters. The molecular formula is C13H19NO5S. The van der Waals surface area contributed by atoms with Crippen LogP contribution in [-0.2, 0) is 9.84 Å². The van der Waals surface area contributed by atoms with Gasteiger partial charge in [0.25, 0.3) is 5.91 Å². The molecule has 1 aromatic rings. The number of amides is 1. The summed E-state index contributed by atoms with van der Waals surface area (Å²) < 4.78 is 26.9. The zero-order chi connectivity index (χ0) is 15.6. The van der Waals surface area contributed by atoms with E-state index >= 15 is 0 Å². The van der Waals surface area contributed by atoms with Crippen molar-refractivity contribution < 1.29 is 23.1 Å². The van der Waals surface area contributed by atoms with Crippen molar-refractivity contribution in [1.29, 1.82) is 0 Å². The summed E-state index contributed by atoms with van der Waals surface area (Å²) in [6.45, 7) is 3.06. The van der Waals surface area contributed by atoms with Crippen LogP contribution in [0.4, 0.5) is 0 Å². The minimum absolute atomic E-state index is 0.0164. The van der Waals surface area contributed by atoms with Crippen molar-refractivity contribution in [2.24, 2.45) is 0 Å². The number of rotatable bonds is 5. The van der Waals surface area contributed by atoms with E-state index in [9.17, 15) is 18.3 Å². The molecule has 0 fully saturated rings. The van der Waals surface area contributed by atoms with Crippen molar-refractivity contribution in [2.75, 3.05) is 19.9 Å². The highest BCUT2D eigenvalue weighted by Gasteiger charge is 2.30. The number of sulfone groups is 1. The molecule has 7 heteroatoms. The second-order valence-electron chi connectivity index (χ2n) is 5.10. The van der Waals surface area contributed by atoms with Crippen LogP contribution in [0.2, 0.25) is 0 Å². The maximum Gasteiger partial charge on any atom is 0.251 e. The fraction of sp³-hybridized carbons (Fsp3) is 0.462. The van der Waals surface area contributed by atoms with Gasteiger partial charge in [0.2, 0.25) is 0 Å². The molecule has 0 saturated carbocycles. The Hall–Kier alpha value is -1.76. The van der Waals surface area contributed by atoms with Crippen LogP contribution in [0, 0.1) is 0 Å². The number of carbonyl (C=O) groups excluding carboxylic acids is 1. The van der Waals surface area contributed by atoms with Crippen LogP contribution in [-0.4, -0.2) is 44.1 Å². The Bertz CT molecular complexity index is 607. The average molecular weight is 301 g/mol. The Morgan fingerprint density at radius 3 is 2.45 bits per heavy atom. The predicted octanol–water partition coefficient (Wildman–Crippen LogP) is 0.954. The van der Waals surface area contributed by atoms with Crippen molar-refractivity contribution in [1.82, 2.24) is 5.32 Å². The number of ether oxygens (including phenoxy) is 1. The summed E-state index contributed by atoms with van der Waals surface area (Å²) in [6.07, 6.45) is 1.12. The summed E-state index contributed by atoms with van der Waals surface area (Å²) in [4.78, 5) is 11.9. The molecule has 0 bridgehead atoms. The van der Waals surface area contributed by atoms with Gasteiger partial charge in [0.05, 0.1) is 11.9 Å². The molecule has 0 aliphatic carbocycles. The molecule has 0 unspecified atom stereocenters. The Morgan fingerprint density at radius 2 is 2.00 bits per heavy atom. The lowest BCUT2D eigenvalue weighted by molar-refractivity contribution is 0.0950. The van der Waals surface area contributed by atoms with E-state index in [2.05, 4.69) is 5.32 Å². The molecule has 20 heavy (non-hydrogen) atoms. The van der Waals surface area contributed by atoms with Crippen molar-refractivity contribution >= 4 is 15.7 Å². The lowest BCUT2D eigenvalue weighted by Crippen LogP contribution is -2.43. The maximum atomic E-state index is 11.9. The predicted molar refractivity (Wildman–Crippen MR) is 75.9 cm³/mol. The van der Waals surface area contributed by atoms with Gasteiger partial charge in [-0.15, -0.1) is 0 Å². The number of carbonyl (C=O) groups is 1. The normalized spacial score (nSPS) is 12.0. The van der Waals surface area contributed by atoms with Gasteiger partial charge in [-0.25, -0.2) is 8.42 Å². The summed E-state index contributed by atoms with van der Waals surface area (Å²) in [5, 5.41) is 12.1. The minimum Gasteiger partial charge on any atom is -0.504 e. The maximum absolute atomic E-state index is 11.9. The van der Waals surface area contributed by atoms with Crippen molar-refractivity contribution in [3.05, 3.63) is 23.8 Å². The summed E-state index contributed by atoms with van der Waals surface area (Å²) in [5.41, 5.74) is 0.229. The first kappa shape index (κ1) is 16.3. The molecule has 0 saturated heterocycles. The third-order valence-corrected chi connectivity index (χ3v) is 5.27. The first-order chi connectivity index (χ1) is 9.08. The molecule has 6 nitrogen and oxygen atoms in total. The fourth-order valence-electron chi connectivity index (χ4n) is 1.36. The zero-order valence-electron chi connectivity index (χ0n) is 11.9.